The highest BCUT2D eigenvalue weighted by atomic mass is 15.3. The van der Waals surface area contributed by atoms with E-state index in [4.69, 9.17) is 20.1 Å². The van der Waals surface area contributed by atoms with Gasteiger partial charge in [-0.3, -0.25) is 4.98 Å². The van der Waals surface area contributed by atoms with Crippen molar-refractivity contribution >= 4 is 11.0 Å². The number of aryl methyl sites for hydroxylation is 3. The van der Waals surface area contributed by atoms with E-state index in [0.717, 1.165) is 71.0 Å². The van der Waals surface area contributed by atoms with Crippen LogP contribution in [-0.2, 0) is 25.8 Å². The second kappa shape index (κ2) is 8.47. The third-order valence-electron chi connectivity index (χ3n) is 5.01. The quantitative estimate of drug-likeness (QED) is 0.471. The van der Waals surface area contributed by atoms with E-state index in [9.17, 15) is 0 Å². The van der Waals surface area contributed by atoms with E-state index in [1.54, 1.807) is 12.4 Å². The fourth-order valence-corrected chi connectivity index (χ4v) is 3.56. The molecule has 0 fully saturated rings. The van der Waals surface area contributed by atoms with E-state index in [0.29, 0.717) is 6.42 Å². The summed E-state index contributed by atoms with van der Waals surface area (Å²) in [4.78, 5) is 18.6. The summed E-state index contributed by atoms with van der Waals surface area (Å²) in [6, 6.07) is 10.2. The second-order valence-corrected chi connectivity index (χ2v) is 7.13. The van der Waals surface area contributed by atoms with Crippen molar-refractivity contribution < 1.29 is 0 Å². The number of benzene rings is 1. The van der Waals surface area contributed by atoms with Gasteiger partial charge in [0.25, 0.3) is 0 Å². The molecule has 0 spiro atoms. The Morgan fingerprint density at radius 3 is 2.24 bits per heavy atom. The first-order valence-electron chi connectivity index (χ1n) is 10.3. The first kappa shape index (κ1) is 19.2. The van der Waals surface area contributed by atoms with Crippen LogP contribution >= 0.6 is 0 Å². The number of pyridine rings is 1. The molecule has 0 unspecified atom stereocenters. The molecule has 6 heteroatoms. The average Bonchev–Trinajstić information content (AvgIpc) is 3.15. The van der Waals surface area contributed by atoms with E-state index < -0.39 is 0 Å². The minimum Gasteiger partial charge on any atom is -0.265 e. The van der Waals surface area contributed by atoms with Gasteiger partial charge in [-0.15, -0.1) is 0 Å². The highest BCUT2D eigenvalue weighted by Crippen LogP contribution is 2.24. The van der Waals surface area contributed by atoms with Crippen molar-refractivity contribution in [1.82, 2.24) is 29.7 Å². The average molecular weight is 387 g/mol. The monoisotopic (exact) mass is 386 g/mol. The van der Waals surface area contributed by atoms with Gasteiger partial charge in [0, 0.05) is 30.9 Å². The van der Waals surface area contributed by atoms with Crippen molar-refractivity contribution in [3.8, 4) is 11.4 Å². The topological polar surface area (TPSA) is 69.4 Å². The van der Waals surface area contributed by atoms with Crippen LogP contribution in [-0.4, -0.2) is 29.7 Å². The Morgan fingerprint density at radius 1 is 0.828 bits per heavy atom. The fraction of sp³-hybridized carbons (Fsp3) is 0.348. The summed E-state index contributed by atoms with van der Waals surface area (Å²) >= 11 is 0. The summed E-state index contributed by atoms with van der Waals surface area (Å²) in [6.07, 6.45) is 7.08. The molecule has 29 heavy (non-hydrogen) atoms. The van der Waals surface area contributed by atoms with E-state index in [2.05, 4.69) is 37.9 Å². The summed E-state index contributed by atoms with van der Waals surface area (Å²) in [7, 11) is 0. The van der Waals surface area contributed by atoms with Crippen molar-refractivity contribution in [3.63, 3.8) is 0 Å². The van der Waals surface area contributed by atoms with Gasteiger partial charge in [0.2, 0.25) is 0 Å². The lowest BCUT2D eigenvalue weighted by atomic mass is 10.1. The molecular weight excluding hydrogens is 360 g/mol. The van der Waals surface area contributed by atoms with Gasteiger partial charge in [0.15, 0.2) is 11.6 Å². The lowest BCUT2D eigenvalue weighted by Crippen LogP contribution is -2.03. The largest absolute Gasteiger partial charge is 0.265 e. The molecule has 3 heterocycles. The molecule has 3 aromatic heterocycles. The zero-order chi connectivity index (χ0) is 20.2. The summed E-state index contributed by atoms with van der Waals surface area (Å²) in [5.74, 6) is 1.71. The van der Waals surface area contributed by atoms with Gasteiger partial charge in [0.1, 0.15) is 0 Å². The summed E-state index contributed by atoms with van der Waals surface area (Å²) < 4.78 is 2.01. The molecule has 0 saturated heterocycles. The van der Waals surface area contributed by atoms with E-state index in [1.807, 2.05) is 22.9 Å². The van der Waals surface area contributed by atoms with Crippen molar-refractivity contribution in [2.45, 2.75) is 53.0 Å². The lowest BCUT2D eigenvalue weighted by molar-refractivity contribution is 0.602. The number of rotatable bonds is 7. The predicted octanol–water partition coefficient (Wildman–Crippen LogP) is 4.41. The molecule has 4 rings (SSSR count). The predicted molar refractivity (Wildman–Crippen MR) is 115 cm³/mol. The van der Waals surface area contributed by atoms with Crippen LogP contribution in [0.4, 0.5) is 0 Å². The van der Waals surface area contributed by atoms with E-state index in [1.165, 1.54) is 0 Å². The zero-order valence-corrected chi connectivity index (χ0v) is 17.3. The molecule has 0 amide bonds. The van der Waals surface area contributed by atoms with Gasteiger partial charge in [-0.2, -0.15) is 5.10 Å². The molecule has 0 aliphatic carbocycles. The zero-order valence-electron chi connectivity index (χ0n) is 17.3. The van der Waals surface area contributed by atoms with Crippen LogP contribution in [0.3, 0.4) is 0 Å². The Morgan fingerprint density at radius 2 is 1.55 bits per heavy atom. The van der Waals surface area contributed by atoms with Crippen molar-refractivity contribution in [1.29, 1.82) is 0 Å². The first-order chi connectivity index (χ1) is 14.2. The molecule has 0 saturated carbocycles. The molecule has 4 aromatic rings. The highest BCUT2D eigenvalue weighted by molar-refractivity contribution is 5.80. The molecule has 1 aromatic carbocycles. The van der Waals surface area contributed by atoms with Gasteiger partial charge >= 0.3 is 0 Å². The van der Waals surface area contributed by atoms with Crippen LogP contribution in [0.1, 0.15) is 50.0 Å². The van der Waals surface area contributed by atoms with Crippen molar-refractivity contribution in [2.24, 2.45) is 0 Å². The molecule has 0 radical (unpaired) electrons. The Balaban J connectivity index is 1.75. The number of hydrogen-bond donors (Lipinski definition) is 0. The van der Waals surface area contributed by atoms with Crippen LogP contribution < -0.4 is 0 Å². The Hall–Kier alpha value is -3.15. The maximum Gasteiger partial charge on any atom is 0.158 e. The van der Waals surface area contributed by atoms with Crippen LogP contribution in [0.25, 0.3) is 22.4 Å². The molecular formula is C23H26N6. The van der Waals surface area contributed by atoms with Gasteiger partial charge < -0.3 is 0 Å². The van der Waals surface area contributed by atoms with E-state index in [-0.39, 0.29) is 0 Å². The molecule has 0 bridgehead atoms. The van der Waals surface area contributed by atoms with Gasteiger partial charge in [0.05, 0.1) is 22.4 Å². The van der Waals surface area contributed by atoms with Crippen molar-refractivity contribution in [3.05, 3.63) is 65.5 Å². The molecule has 0 N–H and O–H groups in total. The third-order valence-corrected chi connectivity index (χ3v) is 5.01. The SMILES string of the molecule is CCCn1nc(Cc2ccncc2)nc1-c1ccc2nc(CC)c(CC)nc2c1. The normalized spacial score (nSPS) is 11.3. The molecule has 0 aliphatic rings. The summed E-state index contributed by atoms with van der Waals surface area (Å²) in [6.45, 7) is 7.24. The van der Waals surface area contributed by atoms with Crippen molar-refractivity contribution in [2.75, 3.05) is 0 Å². The maximum atomic E-state index is 4.87. The Bertz CT molecular complexity index is 1120. The second-order valence-electron chi connectivity index (χ2n) is 7.13. The number of aromatic nitrogens is 6. The highest BCUT2D eigenvalue weighted by Gasteiger charge is 2.14. The smallest absolute Gasteiger partial charge is 0.158 e. The summed E-state index contributed by atoms with van der Waals surface area (Å²) in [5, 5.41) is 4.76. The summed E-state index contributed by atoms with van der Waals surface area (Å²) in [5.41, 5.74) is 6.19. The van der Waals surface area contributed by atoms with Gasteiger partial charge in [-0.05, 0) is 55.2 Å². The number of hydrogen-bond acceptors (Lipinski definition) is 5. The first-order valence-corrected chi connectivity index (χ1v) is 10.3. The van der Waals surface area contributed by atoms with Crippen LogP contribution in [0, 0.1) is 0 Å². The Kier molecular flexibility index (Phi) is 5.60. The maximum absolute atomic E-state index is 4.87. The van der Waals surface area contributed by atoms with Gasteiger partial charge in [-0.25, -0.2) is 19.6 Å². The lowest BCUT2D eigenvalue weighted by Gasteiger charge is -2.08. The van der Waals surface area contributed by atoms with E-state index >= 15 is 0 Å². The Labute approximate surface area is 171 Å². The molecule has 0 atom stereocenters. The van der Waals surface area contributed by atoms with Crippen LogP contribution in [0.5, 0.6) is 0 Å². The minimum absolute atomic E-state index is 0.694. The van der Waals surface area contributed by atoms with Crippen LogP contribution in [0.15, 0.2) is 42.7 Å². The minimum atomic E-state index is 0.694. The molecule has 0 aliphatic heterocycles. The fourth-order valence-electron chi connectivity index (χ4n) is 3.56. The molecule has 148 valence electrons. The molecule has 6 nitrogen and oxygen atoms in total. The number of fused-ring (bicyclic) bond motifs is 1. The van der Waals surface area contributed by atoms with Gasteiger partial charge in [-0.1, -0.05) is 20.8 Å². The standard InChI is InChI=1S/C23H26N6/c1-4-13-29-23(27-22(28-29)14-16-9-11-24-12-10-16)17-7-8-20-21(15-17)26-19(6-3)18(5-2)25-20/h7-12,15H,4-6,13-14H2,1-3H3. The number of nitrogens with zero attached hydrogens (tertiary/aromatic N) is 6. The van der Waals surface area contributed by atoms with Crippen LogP contribution in [0.2, 0.25) is 0 Å². The third kappa shape index (κ3) is 4.01.